The molecule has 4 nitrogen and oxygen atoms in total. The SMILES string of the molecule is CC1CC(Oc2cnc(CCl)cn2)CC(C)O1. The van der Waals surface area contributed by atoms with E-state index in [4.69, 9.17) is 21.1 Å². The van der Waals surface area contributed by atoms with Crippen molar-refractivity contribution in [1.82, 2.24) is 9.97 Å². The van der Waals surface area contributed by atoms with E-state index in [1.54, 1.807) is 12.4 Å². The summed E-state index contributed by atoms with van der Waals surface area (Å²) in [4.78, 5) is 8.33. The quantitative estimate of drug-likeness (QED) is 0.780. The molecule has 1 saturated heterocycles. The minimum absolute atomic E-state index is 0.157. The number of halogens is 1. The highest BCUT2D eigenvalue weighted by Gasteiger charge is 2.26. The second-order valence-electron chi connectivity index (χ2n) is 4.45. The molecular formula is C12H17ClN2O2. The molecule has 1 aliphatic heterocycles. The van der Waals surface area contributed by atoms with Crippen molar-refractivity contribution in [2.45, 2.75) is 50.9 Å². The average Bonchev–Trinajstić information content (AvgIpc) is 2.28. The number of aromatic nitrogens is 2. The highest BCUT2D eigenvalue weighted by Crippen LogP contribution is 2.22. The van der Waals surface area contributed by atoms with Crippen molar-refractivity contribution in [2.24, 2.45) is 0 Å². The van der Waals surface area contributed by atoms with Gasteiger partial charge in [0.2, 0.25) is 5.88 Å². The van der Waals surface area contributed by atoms with E-state index in [2.05, 4.69) is 23.8 Å². The van der Waals surface area contributed by atoms with E-state index in [1.807, 2.05) is 0 Å². The van der Waals surface area contributed by atoms with Crippen LogP contribution in [-0.4, -0.2) is 28.3 Å². The molecule has 2 rings (SSSR count). The van der Waals surface area contributed by atoms with E-state index in [0.29, 0.717) is 11.8 Å². The first-order valence-corrected chi connectivity index (χ1v) is 6.40. The second kappa shape index (κ2) is 5.65. The molecule has 5 heteroatoms. The van der Waals surface area contributed by atoms with Gasteiger partial charge in [0.15, 0.2) is 0 Å². The molecule has 0 bridgehead atoms. The van der Waals surface area contributed by atoms with Crippen LogP contribution in [0, 0.1) is 0 Å². The van der Waals surface area contributed by atoms with Crippen LogP contribution in [0.5, 0.6) is 5.88 Å². The van der Waals surface area contributed by atoms with Gasteiger partial charge in [0.25, 0.3) is 0 Å². The van der Waals surface area contributed by atoms with E-state index in [0.717, 1.165) is 18.5 Å². The molecule has 0 aliphatic carbocycles. The lowest BCUT2D eigenvalue weighted by Gasteiger charge is -2.31. The third-order valence-electron chi connectivity index (χ3n) is 2.76. The lowest BCUT2D eigenvalue weighted by atomic mass is 10.0. The zero-order valence-corrected chi connectivity index (χ0v) is 10.9. The molecule has 1 aromatic rings. The Kier molecular flexibility index (Phi) is 4.18. The van der Waals surface area contributed by atoms with Gasteiger partial charge in [0, 0.05) is 12.8 Å². The maximum absolute atomic E-state index is 5.80. The third-order valence-corrected chi connectivity index (χ3v) is 3.03. The molecule has 0 N–H and O–H groups in total. The van der Waals surface area contributed by atoms with E-state index in [1.165, 1.54) is 0 Å². The standard InChI is InChI=1S/C12H17ClN2O2/c1-8-3-11(4-9(2)16-8)17-12-7-14-10(5-13)6-15-12/h6-9,11H,3-5H2,1-2H3. The minimum atomic E-state index is 0.157. The molecule has 1 aliphatic rings. The highest BCUT2D eigenvalue weighted by atomic mass is 35.5. The van der Waals surface area contributed by atoms with Gasteiger partial charge in [-0.3, -0.25) is 4.98 Å². The molecule has 1 aromatic heterocycles. The Balaban J connectivity index is 1.95. The van der Waals surface area contributed by atoms with Crippen molar-refractivity contribution in [3.63, 3.8) is 0 Å². The normalized spacial score (nSPS) is 29.0. The molecule has 2 unspecified atom stereocenters. The van der Waals surface area contributed by atoms with E-state index < -0.39 is 0 Å². The number of rotatable bonds is 3. The Morgan fingerprint density at radius 3 is 2.53 bits per heavy atom. The molecule has 17 heavy (non-hydrogen) atoms. The Labute approximate surface area is 106 Å². The van der Waals surface area contributed by atoms with Crippen LogP contribution in [0.25, 0.3) is 0 Å². The summed E-state index contributed by atoms with van der Waals surface area (Å²) in [7, 11) is 0. The van der Waals surface area contributed by atoms with Crippen LogP contribution in [0.4, 0.5) is 0 Å². The summed E-state index contributed by atoms with van der Waals surface area (Å²) in [5.41, 5.74) is 0.757. The fourth-order valence-corrected chi connectivity index (χ4v) is 2.22. The van der Waals surface area contributed by atoms with Crippen LogP contribution in [0.15, 0.2) is 12.4 Å². The summed E-state index contributed by atoms with van der Waals surface area (Å²) >= 11 is 5.65. The Bertz CT molecular complexity index is 348. The van der Waals surface area contributed by atoms with Crippen molar-refractivity contribution in [1.29, 1.82) is 0 Å². The predicted octanol–water partition coefficient (Wildman–Crippen LogP) is 2.55. The van der Waals surface area contributed by atoms with E-state index in [9.17, 15) is 0 Å². The van der Waals surface area contributed by atoms with Crippen molar-refractivity contribution < 1.29 is 9.47 Å². The maximum Gasteiger partial charge on any atom is 0.232 e. The van der Waals surface area contributed by atoms with Crippen molar-refractivity contribution >= 4 is 11.6 Å². The average molecular weight is 257 g/mol. The lowest BCUT2D eigenvalue weighted by molar-refractivity contribution is -0.0730. The van der Waals surface area contributed by atoms with Crippen LogP contribution in [0.2, 0.25) is 0 Å². The van der Waals surface area contributed by atoms with Gasteiger partial charge in [0.1, 0.15) is 6.10 Å². The van der Waals surface area contributed by atoms with Gasteiger partial charge in [-0.05, 0) is 13.8 Å². The smallest absolute Gasteiger partial charge is 0.232 e. The molecular weight excluding hydrogens is 240 g/mol. The Morgan fingerprint density at radius 1 is 1.29 bits per heavy atom. The minimum Gasteiger partial charge on any atom is -0.473 e. The van der Waals surface area contributed by atoms with Gasteiger partial charge in [-0.1, -0.05) is 0 Å². The zero-order valence-electron chi connectivity index (χ0n) is 10.1. The van der Waals surface area contributed by atoms with E-state index in [-0.39, 0.29) is 18.3 Å². The van der Waals surface area contributed by atoms with Gasteiger partial charge in [-0.15, -0.1) is 11.6 Å². The van der Waals surface area contributed by atoms with Crippen LogP contribution >= 0.6 is 11.6 Å². The molecule has 2 atom stereocenters. The van der Waals surface area contributed by atoms with Gasteiger partial charge >= 0.3 is 0 Å². The second-order valence-corrected chi connectivity index (χ2v) is 4.72. The van der Waals surface area contributed by atoms with Gasteiger partial charge in [-0.25, -0.2) is 4.98 Å². The topological polar surface area (TPSA) is 44.2 Å². The third kappa shape index (κ3) is 3.54. The summed E-state index contributed by atoms with van der Waals surface area (Å²) in [5, 5.41) is 0. The molecule has 1 fully saturated rings. The van der Waals surface area contributed by atoms with E-state index >= 15 is 0 Å². The summed E-state index contributed by atoms with van der Waals surface area (Å²) in [5.74, 6) is 0.934. The van der Waals surface area contributed by atoms with Gasteiger partial charge in [0.05, 0.1) is 36.2 Å². The number of hydrogen-bond acceptors (Lipinski definition) is 4. The van der Waals surface area contributed by atoms with Crippen LogP contribution < -0.4 is 4.74 Å². The van der Waals surface area contributed by atoms with Crippen LogP contribution in [0.3, 0.4) is 0 Å². The number of nitrogens with zero attached hydrogens (tertiary/aromatic N) is 2. The molecule has 94 valence electrons. The first-order chi connectivity index (χ1) is 8.17. The Hall–Kier alpha value is -0.870. The fraction of sp³-hybridized carbons (Fsp3) is 0.667. The molecule has 0 radical (unpaired) electrons. The largest absolute Gasteiger partial charge is 0.473 e. The van der Waals surface area contributed by atoms with Crippen molar-refractivity contribution in [2.75, 3.05) is 0 Å². The summed E-state index contributed by atoms with van der Waals surface area (Å²) in [6.45, 7) is 4.13. The fourth-order valence-electron chi connectivity index (χ4n) is 2.08. The number of hydrogen-bond donors (Lipinski definition) is 0. The highest BCUT2D eigenvalue weighted by molar-refractivity contribution is 6.16. The van der Waals surface area contributed by atoms with Crippen molar-refractivity contribution in [3.05, 3.63) is 18.1 Å². The molecule has 0 saturated carbocycles. The van der Waals surface area contributed by atoms with Crippen LogP contribution in [0.1, 0.15) is 32.4 Å². The maximum atomic E-state index is 5.80. The first-order valence-electron chi connectivity index (χ1n) is 5.86. The number of alkyl halides is 1. The zero-order chi connectivity index (χ0) is 12.3. The van der Waals surface area contributed by atoms with Crippen molar-refractivity contribution in [3.8, 4) is 5.88 Å². The van der Waals surface area contributed by atoms with Crippen LogP contribution in [-0.2, 0) is 10.6 Å². The Morgan fingerprint density at radius 2 is 2.00 bits per heavy atom. The predicted molar refractivity (Wildman–Crippen MR) is 65.2 cm³/mol. The molecule has 0 amide bonds. The summed E-state index contributed by atoms with van der Waals surface area (Å²) in [6, 6.07) is 0. The van der Waals surface area contributed by atoms with Gasteiger partial charge < -0.3 is 9.47 Å². The monoisotopic (exact) mass is 256 g/mol. The van der Waals surface area contributed by atoms with Gasteiger partial charge in [-0.2, -0.15) is 0 Å². The lowest BCUT2D eigenvalue weighted by Crippen LogP contribution is -2.35. The first kappa shape index (κ1) is 12.6. The summed E-state index contributed by atoms with van der Waals surface area (Å²) < 4.78 is 11.5. The molecule has 2 heterocycles. The summed E-state index contributed by atoms with van der Waals surface area (Å²) in [6.07, 6.45) is 5.69. The molecule has 0 aromatic carbocycles. The number of ether oxygens (including phenoxy) is 2. The molecule has 0 spiro atoms.